The second kappa shape index (κ2) is 14.5. The van der Waals surface area contributed by atoms with Gasteiger partial charge in [0.05, 0.1) is 25.6 Å². The first-order chi connectivity index (χ1) is 16.1. The second-order valence-electron chi connectivity index (χ2n) is 7.68. The van der Waals surface area contributed by atoms with Crippen molar-refractivity contribution in [2.75, 3.05) is 13.2 Å². The first-order valence-electron chi connectivity index (χ1n) is 11.0. The summed E-state index contributed by atoms with van der Waals surface area (Å²) in [7, 11) is 0. The van der Waals surface area contributed by atoms with E-state index in [4.69, 9.17) is 19.9 Å². The van der Waals surface area contributed by atoms with Crippen LogP contribution < -0.4 is 16.4 Å². The van der Waals surface area contributed by atoms with E-state index < -0.39 is 60.2 Å². The molecule has 0 aliphatic carbocycles. The molecule has 0 fully saturated rings. The van der Waals surface area contributed by atoms with E-state index in [1.807, 2.05) is 6.07 Å². The quantitative estimate of drug-likeness (QED) is 0.279. The Morgan fingerprint density at radius 1 is 0.882 bits per heavy atom. The third kappa shape index (κ3) is 9.47. The van der Waals surface area contributed by atoms with E-state index >= 15 is 0 Å². The Bertz CT molecular complexity index is 844. The van der Waals surface area contributed by atoms with Gasteiger partial charge in [-0.05, 0) is 25.3 Å². The summed E-state index contributed by atoms with van der Waals surface area (Å²) in [4.78, 5) is 61.8. The lowest BCUT2D eigenvalue weighted by atomic mass is 9.94. The summed E-state index contributed by atoms with van der Waals surface area (Å²) in [6.45, 7) is 6.52. The van der Waals surface area contributed by atoms with Gasteiger partial charge in [0.25, 0.3) is 0 Å². The molecule has 0 bridgehead atoms. The van der Waals surface area contributed by atoms with E-state index in [1.165, 1.54) is 0 Å². The van der Waals surface area contributed by atoms with E-state index in [0.717, 1.165) is 5.56 Å². The molecule has 0 spiro atoms. The molecular formula is C23H33N3O8. The minimum Gasteiger partial charge on any atom is -0.466 e. The van der Waals surface area contributed by atoms with Crippen LogP contribution in [0.25, 0.3) is 0 Å². The lowest BCUT2D eigenvalue weighted by molar-refractivity contribution is -0.157. The zero-order valence-corrected chi connectivity index (χ0v) is 19.9. The van der Waals surface area contributed by atoms with Gasteiger partial charge in [0.1, 0.15) is 18.7 Å². The maximum atomic E-state index is 12.9. The number of nitrogens with two attached hydrogens (primary N) is 1. The molecule has 11 nitrogen and oxygen atoms in total. The summed E-state index contributed by atoms with van der Waals surface area (Å²) < 4.78 is 15.0. The van der Waals surface area contributed by atoms with Crippen molar-refractivity contribution in [3.63, 3.8) is 0 Å². The number of amides is 3. The number of hydrogen-bond acceptors (Lipinski definition) is 8. The van der Waals surface area contributed by atoms with Crippen LogP contribution in [0.2, 0.25) is 0 Å². The molecule has 0 saturated carbocycles. The van der Waals surface area contributed by atoms with Crippen LogP contribution in [-0.4, -0.2) is 55.1 Å². The topological polar surface area (TPSA) is 163 Å². The molecule has 0 unspecified atom stereocenters. The highest BCUT2D eigenvalue weighted by Crippen LogP contribution is 2.15. The molecule has 1 rings (SSSR count). The molecule has 1 aromatic rings. The number of esters is 2. The summed E-state index contributed by atoms with van der Waals surface area (Å²) >= 11 is 0. The fourth-order valence-electron chi connectivity index (χ4n) is 3.03. The highest BCUT2D eigenvalue weighted by atomic mass is 16.6. The van der Waals surface area contributed by atoms with Crippen LogP contribution in [-0.2, 0) is 40.0 Å². The van der Waals surface area contributed by atoms with Gasteiger partial charge < -0.3 is 30.6 Å². The minimum atomic E-state index is -1.57. The van der Waals surface area contributed by atoms with Crippen molar-refractivity contribution in [2.24, 2.45) is 17.6 Å². The fraction of sp³-hybridized carbons (Fsp3) is 0.522. The van der Waals surface area contributed by atoms with Crippen molar-refractivity contribution in [1.29, 1.82) is 0 Å². The Kier molecular flexibility index (Phi) is 12.1. The molecule has 4 N–H and O–H groups in total. The predicted octanol–water partition coefficient (Wildman–Crippen LogP) is 1.04. The molecule has 34 heavy (non-hydrogen) atoms. The van der Waals surface area contributed by atoms with E-state index in [-0.39, 0.29) is 19.8 Å². The molecule has 3 amide bonds. The van der Waals surface area contributed by atoms with Gasteiger partial charge in [0, 0.05) is 0 Å². The zero-order valence-electron chi connectivity index (χ0n) is 19.9. The van der Waals surface area contributed by atoms with Gasteiger partial charge in [-0.1, -0.05) is 44.2 Å². The van der Waals surface area contributed by atoms with Crippen LogP contribution in [0.1, 0.15) is 39.7 Å². The number of benzene rings is 1. The van der Waals surface area contributed by atoms with E-state index in [9.17, 15) is 24.0 Å². The minimum absolute atomic E-state index is 0.00646. The molecule has 188 valence electrons. The Labute approximate surface area is 198 Å². The van der Waals surface area contributed by atoms with Gasteiger partial charge in [0.15, 0.2) is 0 Å². The van der Waals surface area contributed by atoms with Gasteiger partial charge in [-0.2, -0.15) is 0 Å². The summed E-state index contributed by atoms with van der Waals surface area (Å²) in [5.41, 5.74) is 6.19. The number of primary amides is 1. The molecular weight excluding hydrogens is 446 g/mol. The number of carbonyl (C=O) groups is 5. The van der Waals surface area contributed by atoms with Crippen LogP contribution in [0.3, 0.4) is 0 Å². The number of carbonyl (C=O) groups excluding carboxylic acids is 5. The van der Waals surface area contributed by atoms with Gasteiger partial charge in [-0.3, -0.25) is 19.2 Å². The Morgan fingerprint density at radius 2 is 1.50 bits per heavy atom. The molecule has 0 aliphatic rings. The van der Waals surface area contributed by atoms with Crippen molar-refractivity contribution in [3.8, 4) is 0 Å². The van der Waals surface area contributed by atoms with Crippen molar-refractivity contribution >= 4 is 29.8 Å². The molecule has 0 heterocycles. The number of rotatable bonds is 13. The zero-order chi connectivity index (χ0) is 25.7. The Morgan fingerprint density at radius 3 is 2.03 bits per heavy atom. The highest BCUT2D eigenvalue weighted by molar-refractivity contribution is 5.94. The lowest BCUT2D eigenvalue weighted by Gasteiger charge is -2.27. The number of hydrogen-bond donors (Lipinski definition) is 3. The van der Waals surface area contributed by atoms with Crippen molar-refractivity contribution in [1.82, 2.24) is 10.6 Å². The Balaban J connectivity index is 2.95. The maximum Gasteiger partial charge on any atom is 0.408 e. The predicted molar refractivity (Wildman–Crippen MR) is 121 cm³/mol. The van der Waals surface area contributed by atoms with Crippen LogP contribution in [0, 0.1) is 11.8 Å². The third-order valence-corrected chi connectivity index (χ3v) is 4.72. The van der Waals surface area contributed by atoms with Crippen molar-refractivity contribution < 1.29 is 38.2 Å². The fourth-order valence-corrected chi connectivity index (χ4v) is 3.03. The summed E-state index contributed by atoms with van der Waals surface area (Å²) in [5.74, 6) is -5.30. The largest absolute Gasteiger partial charge is 0.466 e. The average molecular weight is 480 g/mol. The van der Waals surface area contributed by atoms with Crippen LogP contribution in [0.5, 0.6) is 0 Å². The first-order valence-corrected chi connectivity index (χ1v) is 11.0. The average Bonchev–Trinajstić information content (AvgIpc) is 2.78. The summed E-state index contributed by atoms with van der Waals surface area (Å²) in [5, 5.41) is 4.82. The Hall–Kier alpha value is -3.63. The molecule has 3 atom stereocenters. The molecule has 0 aromatic heterocycles. The van der Waals surface area contributed by atoms with Gasteiger partial charge >= 0.3 is 18.0 Å². The van der Waals surface area contributed by atoms with Gasteiger partial charge in [-0.25, -0.2) is 4.79 Å². The number of nitrogens with one attached hydrogen (secondary N) is 2. The standard InChI is InChI=1S/C23H33N3O8/c1-5-32-17(27)12-16(22(30)33-6-2)19(20(24)28)25-21(29)18(14(3)4)26-23(31)34-13-15-10-8-7-9-11-15/h7-11,14,16,18-19H,5-6,12-13H2,1-4H3,(H2,24,28)(H,25,29)(H,26,31)/t16-,18+,19+/m1/s1. The first kappa shape index (κ1) is 28.4. The second-order valence-corrected chi connectivity index (χ2v) is 7.68. The lowest BCUT2D eigenvalue weighted by Crippen LogP contribution is -2.58. The third-order valence-electron chi connectivity index (χ3n) is 4.72. The van der Waals surface area contributed by atoms with Crippen molar-refractivity contribution in [2.45, 2.75) is 52.8 Å². The van der Waals surface area contributed by atoms with Crippen LogP contribution in [0.15, 0.2) is 30.3 Å². The highest BCUT2D eigenvalue weighted by Gasteiger charge is 2.39. The van der Waals surface area contributed by atoms with Crippen LogP contribution in [0.4, 0.5) is 4.79 Å². The van der Waals surface area contributed by atoms with E-state index in [0.29, 0.717) is 0 Å². The monoisotopic (exact) mass is 479 g/mol. The molecule has 1 aromatic carbocycles. The molecule has 0 radical (unpaired) electrons. The molecule has 0 aliphatic heterocycles. The number of ether oxygens (including phenoxy) is 3. The maximum absolute atomic E-state index is 12.9. The molecule has 0 saturated heterocycles. The van der Waals surface area contributed by atoms with Crippen LogP contribution >= 0.6 is 0 Å². The normalized spacial score (nSPS) is 13.2. The van der Waals surface area contributed by atoms with Gasteiger partial charge in [0.2, 0.25) is 11.8 Å². The number of alkyl carbamates (subject to hydrolysis) is 1. The SMILES string of the molecule is CCOC(=O)C[C@@H](C(=O)OCC)[C@H](NC(=O)[C@@H](NC(=O)OCc1ccccc1)C(C)C)C(N)=O. The van der Waals surface area contributed by atoms with E-state index in [1.54, 1.807) is 52.0 Å². The smallest absolute Gasteiger partial charge is 0.408 e. The molecule has 11 heteroatoms. The van der Waals surface area contributed by atoms with Crippen molar-refractivity contribution in [3.05, 3.63) is 35.9 Å². The summed E-state index contributed by atoms with van der Waals surface area (Å²) in [6.07, 6.45) is -1.37. The van der Waals surface area contributed by atoms with Gasteiger partial charge in [-0.15, -0.1) is 0 Å². The van der Waals surface area contributed by atoms with E-state index in [2.05, 4.69) is 10.6 Å². The summed E-state index contributed by atoms with van der Waals surface area (Å²) in [6, 6.07) is 6.27.